The van der Waals surface area contributed by atoms with E-state index >= 15 is 0 Å². The fourth-order valence-electron chi connectivity index (χ4n) is 3.49. The molecule has 3 aromatic heterocycles. The van der Waals surface area contributed by atoms with Gasteiger partial charge in [-0.2, -0.15) is 0 Å². The van der Waals surface area contributed by atoms with Gasteiger partial charge < -0.3 is 14.6 Å². The van der Waals surface area contributed by atoms with Gasteiger partial charge in [-0.05, 0) is 64.9 Å². The lowest BCUT2D eigenvalue weighted by molar-refractivity contribution is -0.365. The van der Waals surface area contributed by atoms with Gasteiger partial charge in [0.15, 0.2) is 5.82 Å². The van der Waals surface area contributed by atoms with Crippen molar-refractivity contribution in [1.82, 2.24) is 60.6 Å². The van der Waals surface area contributed by atoms with Crippen molar-refractivity contribution in [2.24, 2.45) is 7.05 Å². The first-order chi connectivity index (χ1) is 15.1. The summed E-state index contributed by atoms with van der Waals surface area (Å²) in [5.74, 6) is -2.70. The summed E-state index contributed by atoms with van der Waals surface area (Å²) < 4.78 is 16.9. The summed E-state index contributed by atoms with van der Waals surface area (Å²) in [6, 6.07) is 0.227. The Labute approximate surface area is 184 Å². The summed E-state index contributed by atoms with van der Waals surface area (Å²) in [5, 5.41) is 47.4. The van der Waals surface area contributed by atoms with Gasteiger partial charge in [-0.1, -0.05) is 6.92 Å². The van der Waals surface area contributed by atoms with Crippen molar-refractivity contribution in [2.45, 2.75) is 76.5 Å². The zero-order chi connectivity index (χ0) is 23.1. The molecule has 0 aliphatic heterocycles. The second-order valence-electron chi connectivity index (χ2n) is 8.86. The van der Waals surface area contributed by atoms with Crippen molar-refractivity contribution in [3.05, 3.63) is 17.5 Å². The molecule has 15 nitrogen and oxygen atoms in total. The van der Waals surface area contributed by atoms with E-state index in [1.807, 2.05) is 20.8 Å². The third-order valence-corrected chi connectivity index (χ3v) is 5.40. The van der Waals surface area contributed by atoms with Crippen molar-refractivity contribution in [1.29, 1.82) is 0 Å². The normalized spacial score (nSPS) is 18.5. The SMILES string of the molecule is CCC(O)(OC(Cc1nnnn1C1CC1)(OC)c1nnnn1C)c1nnnn1C(C)(C)C. The molecule has 4 rings (SSSR count). The fourth-order valence-corrected chi connectivity index (χ4v) is 3.49. The third-order valence-electron chi connectivity index (χ3n) is 5.40. The molecule has 174 valence electrons. The molecule has 3 aromatic rings. The average Bonchev–Trinajstić information content (AvgIpc) is 3.13. The maximum absolute atomic E-state index is 11.7. The van der Waals surface area contributed by atoms with E-state index in [0.717, 1.165) is 12.8 Å². The van der Waals surface area contributed by atoms with Gasteiger partial charge in [0, 0.05) is 20.6 Å². The maximum atomic E-state index is 11.7. The number of aromatic nitrogens is 12. The van der Waals surface area contributed by atoms with Crippen molar-refractivity contribution < 1.29 is 14.6 Å². The van der Waals surface area contributed by atoms with E-state index in [-0.39, 0.29) is 30.5 Å². The molecule has 0 bridgehead atoms. The maximum Gasteiger partial charge on any atom is 0.242 e. The molecule has 0 amide bonds. The molecule has 1 aliphatic carbocycles. The molecule has 0 aromatic carbocycles. The van der Waals surface area contributed by atoms with Crippen LogP contribution in [0.5, 0.6) is 0 Å². The topological polar surface area (TPSA) is 169 Å². The third kappa shape index (κ3) is 3.86. The Balaban J connectivity index is 1.80. The lowest BCUT2D eigenvalue weighted by atomic mass is 10.1. The lowest BCUT2D eigenvalue weighted by Crippen LogP contribution is -2.48. The molecule has 15 heteroatoms. The number of methoxy groups -OCH3 is 1. The first kappa shape index (κ1) is 22.3. The van der Waals surface area contributed by atoms with Gasteiger partial charge in [-0.25, -0.2) is 14.0 Å². The van der Waals surface area contributed by atoms with Crippen LogP contribution >= 0.6 is 0 Å². The second kappa shape index (κ2) is 7.90. The van der Waals surface area contributed by atoms with Crippen molar-refractivity contribution >= 4 is 0 Å². The van der Waals surface area contributed by atoms with Crippen LogP contribution in [0.1, 0.15) is 70.5 Å². The van der Waals surface area contributed by atoms with Crippen LogP contribution in [-0.2, 0) is 40.1 Å². The molecule has 2 unspecified atom stereocenters. The average molecular weight is 448 g/mol. The van der Waals surface area contributed by atoms with E-state index in [1.54, 1.807) is 18.7 Å². The minimum absolute atomic E-state index is 0.0423. The highest BCUT2D eigenvalue weighted by molar-refractivity contribution is 5.06. The number of aryl methyl sites for hydroxylation is 1. The summed E-state index contributed by atoms with van der Waals surface area (Å²) in [7, 11) is 3.10. The molecule has 32 heavy (non-hydrogen) atoms. The predicted molar refractivity (Wildman–Crippen MR) is 105 cm³/mol. The van der Waals surface area contributed by atoms with Gasteiger partial charge >= 0.3 is 0 Å². The predicted octanol–water partition coefficient (Wildman–Crippen LogP) is -0.413. The number of rotatable bonds is 9. The number of ether oxygens (including phenoxy) is 2. The molecule has 1 fully saturated rings. The Kier molecular flexibility index (Phi) is 5.50. The molecule has 1 N–H and O–H groups in total. The molecule has 1 aliphatic rings. The summed E-state index contributed by atoms with van der Waals surface area (Å²) in [6.45, 7) is 7.51. The zero-order valence-electron chi connectivity index (χ0n) is 19.0. The quantitative estimate of drug-likeness (QED) is 0.420. The Hall–Kier alpha value is -2.91. The largest absolute Gasteiger partial charge is 0.359 e. The number of tetrazole rings is 3. The standard InChI is InChI=1S/C17H28N12O3/c1-7-16(30,13-19-23-26-29(13)15(2,3)4)32-17(31-6,14-20-22-24-27(14)5)10-12-18-21-25-28(12)11-8-9-11/h11,30H,7-10H2,1-6H3. The lowest BCUT2D eigenvalue weighted by Gasteiger charge is -2.38. The van der Waals surface area contributed by atoms with Crippen LogP contribution in [0.2, 0.25) is 0 Å². The molecule has 1 saturated carbocycles. The van der Waals surface area contributed by atoms with Crippen molar-refractivity contribution in [3.63, 3.8) is 0 Å². The van der Waals surface area contributed by atoms with E-state index < -0.39 is 17.1 Å². The fraction of sp³-hybridized carbons (Fsp3) is 0.824. The number of hydrogen-bond acceptors (Lipinski definition) is 12. The van der Waals surface area contributed by atoms with Crippen LogP contribution in [0.25, 0.3) is 0 Å². The van der Waals surface area contributed by atoms with E-state index in [9.17, 15) is 5.11 Å². The zero-order valence-corrected chi connectivity index (χ0v) is 19.0. The van der Waals surface area contributed by atoms with Crippen LogP contribution in [-0.4, -0.2) is 72.8 Å². The summed E-state index contributed by atoms with van der Waals surface area (Å²) in [5.41, 5.74) is -0.510. The molecule has 3 heterocycles. The Morgan fingerprint density at radius 1 is 1.00 bits per heavy atom. The molecule has 0 saturated heterocycles. The first-order valence-electron chi connectivity index (χ1n) is 10.4. The Bertz CT molecular complexity index is 1070. The highest BCUT2D eigenvalue weighted by Crippen LogP contribution is 2.40. The molecule has 0 spiro atoms. The Morgan fingerprint density at radius 2 is 1.66 bits per heavy atom. The first-order valence-corrected chi connectivity index (χ1v) is 10.4. The van der Waals surface area contributed by atoms with E-state index in [1.165, 1.54) is 16.5 Å². The van der Waals surface area contributed by atoms with Gasteiger partial charge in [-0.3, -0.25) is 0 Å². The van der Waals surface area contributed by atoms with Gasteiger partial charge in [0.1, 0.15) is 0 Å². The molecule has 0 radical (unpaired) electrons. The summed E-state index contributed by atoms with van der Waals surface area (Å²) in [6.07, 6.45) is 2.14. The van der Waals surface area contributed by atoms with Crippen LogP contribution < -0.4 is 0 Å². The summed E-state index contributed by atoms with van der Waals surface area (Å²) >= 11 is 0. The van der Waals surface area contributed by atoms with Gasteiger partial charge in [-0.15, -0.1) is 15.3 Å². The van der Waals surface area contributed by atoms with Gasteiger partial charge in [0.25, 0.3) is 0 Å². The van der Waals surface area contributed by atoms with Gasteiger partial charge in [0.2, 0.25) is 23.2 Å². The number of hydrogen-bond donors (Lipinski definition) is 1. The Morgan fingerprint density at radius 3 is 2.22 bits per heavy atom. The highest BCUT2D eigenvalue weighted by atomic mass is 16.8. The van der Waals surface area contributed by atoms with Crippen molar-refractivity contribution in [3.8, 4) is 0 Å². The van der Waals surface area contributed by atoms with Crippen molar-refractivity contribution in [2.75, 3.05) is 7.11 Å². The van der Waals surface area contributed by atoms with Crippen LogP contribution in [0.3, 0.4) is 0 Å². The summed E-state index contributed by atoms with van der Waals surface area (Å²) in [4.78, 5) is 0. The minimum Gasteiger partial charge on any atom is -0.359 e. The smallest absolute Gasteiger partial charge is 0.242 e. The molecular formula is C17H28N12O3. The van der Waals surface area contributed by atoms with E-state index in [2.05, 4.69) is 46.6 Å². The minimum atomic E-state index is -1.93. The van der Waals surface area contributed by atoms with E-state index in [4.69, 9.17) is 9.47 Å². The number of nitrogens with zero attached hydrogens (tertiary/aromatic N) is 12. The molecule has 2 atom stereocenters. The molecular weight excluding hydrogens is 420 g/mol. The highest BCUT2D eigenvalue weighted by Gasteiger charge is 2.51. The van der Waals surface area contributed by atoms with E-state index in [0.29, 0.717) is 5.82 Å². The van der Waals surface area contributed by atoms with Gasteiger partial charge in [0.05, 0.1) is 18.0 Å². The second-order valence-corrected chi connectivity index (χ2v) is 8.86. The van der Waals surface area contributed by atoms with Crippen LogP contribution in [0.4, 0.5) is 0 Å². The number of aliphatic hydroxyl groups is 1. The van der Waals surface area contributed by atoms with Crippen LogP contribution in [0.15, 0.2) is 0 Å². The van der Waals surface area contributed by atoms with Crippen LogP contribution in [0, 0.1) is 0 Å². The monoisotopic (exact) mass is 448 g/mol.